The van der Waals surface area contributed by atoms with Gasteiger partial charge in [0.25, 0.3) is 0 Å². The van der Waals surface area contributed by atoms with Gasteiger partial charge in [0.15, 0.2) is 0 Å². The molecule has 0 aliphatic rings. The zero-order valence-corrected chi connectivity index (χ0v) is 14.1. The maximum atomic E-state index is 11.5. The van der Waals surface area contributed by atoms with Gasteiger partial charge < -0.3 is 20.1 Å². The maximum Gasteiger partial charge on any atom is 0.407 e. The fourth-order valence-corrected chi connectivity index (χ4v) is 1.74. The first kappa shape index (κ1) is 19.2. The fraction of sp³-hybridized carbons (Fsp3) is 0.438. The van der Waals surface area contributed by atoms with Crippen LogP contribution >= 0.6 is 0 Å². The Morgan fingerprint density at radius 3 is 2.54 bits per heavy atom. The van der Waals surface area contributed by atoms with Crippen molar-refractivity contribution in [2.45, 2.75) is 26.4 Å². The summed E-state index contributed by atoms with van der Waals surface area (Å²) in [6.07, 6.45) is 0.919. The number of carbonyl (C=O) groups is 2. The minimum absolute atomic E-state index is 0.255. The highest BCUT2D eigenvalue weighted by Crippen LogP contribution is 2.26. The minimum Gasteiger partial charge on any atom is -0.465 e. The number of amides is 1. The third-order valence-corrected chi connectivity index (χ3v) is 2.69. The molecule has 0 spiro atoms. The molecule has 2 N–H and O–H groups in total. The average molecular weight is 335 g/mol. The van der Waals surface area contributed by atoms with Crippen molar-refractivity contribution >= 4 is 29.5 Å². The average Bonchev–Trinajstić information content (AvgIpc) is 2.50. The van der Waals surface area contributed by atoms with Crippen molar-refractivity contribution in [3.63, 3.8) is 0 Å². The van der Waals surface area contributed by atoms with E-state index in [4.69, 9.17) is 4.74 Å². The second-order valence-electron chi connectivity index (χ2n) is 5.78. The number of aliphatic imine (C=N–C) groups is 1. The topological polar surface area (TPSA) is 106 Å². The lowest BCUT2D eigenvalue weighted by Crippen LogP contribution is -2.35. The molecule has 8 nitrogen and oxygen atoms in total. The Balaban J connectivity index is 2.63. The molecule has 0 saturated heterocycles. The van der Waals surface area contributed by atoms with Crippen molar-refractivity contribution in [1.82, 2.24) is 5.32 Å². The number of esters is 1. The van der Waals surface area contributed by atoms with Gasteiger partial charge in [-0.2, -0.15) is 4.99 Å². The Bertz CT molecular complexity index is 646. The number of isocyanates is 1. The number of hydrogen-bond acceptors (Lipinski definition) is 7. The highest BCUT2D eigenvalue weighted by Gasteiger charge is 2.15. The van der Waals surface area contributed by atoms with E-state index in [1.807, 2.05) is 0 Å². The predicted octanol–water partition coefficient (Wildman–Crippen LogP) is 2.38. The van der Waals surface area contributed by atoms with Crippen molar-refractivity contribution in [2.75, 3.05) is 25.5 Å². The smallest absolute Gasteiger partial charge is 0.407 e. The molecule has 24 heavy (non-hydrogen) atoms. The Morgan fingerprint density at radius 1 is 1.25 bits per heavy atom. The van der Waals surface area contributed by atoms with Gasteiger partial charge in [-0.3, -0.25) is 0 Å². The van der Waals surface area contributed by atoms with E-state index in [9.17, 15) is 14.4 Å². The molecule has 0 radical (unpaired) electrons. The van der Waals surface area contributed by atoms with E-state index in [-0.39, 0.29) is 11.3 Å². The molecule has 0 unspecified atom stereocenters. The molecule has 1 rings (SSSR count). The number of nitrogens with one attached hydrogen (secondary N) is 2. The van der Waals surface area contributed by atoms with Crippen molar-refractivity contribution < 1.29 is 23.9 Å². The summed E-state index contributed by atoms with van der Waals surface area (Å²) in [4.78, 5) is 37.1. The Kier molecular flexibility index (Phi) is 6.95. The van der Waals surface area contributed by atoms with Gasteiger partial charge in [-0.1, -0.05) is 0 Å². The summed E-state index contributed by atoms with van der Waals surface area (Å²) in [5.41, 5.74) is 0.485. The number of carbonyl (C=O) groups excluding carboxylic acids is 3. The van der Waals surface area contributed by atoms with E-state index in [1.54, 1.807) is 32.9 Å². The normalized spacial score (nSPS) is 10.3. The van der Waals surface area contributed by atoms with Crippen molar-refractivity contribution in [3.05, 3.63) is 23.8 Å². The summed E-state index contributed by atoms with van der Waals surface area (Å²) in [6, 6.07) is 4.55. The molecule has 0 heterocycles. The number of methoxy groups -OCH3 is 1. The lowest BCUT2D eigenvalue weighted by molar-refractivity contribution is 0.0528. The second-order valence-corrected chi connectivity index (χ2v) is 5.78. The van der Waals surface area contributed by atoms with Gasteiger partial charge in [0, 0.05) is 13.1 Å². The van der Waals surface area contributed by atoms with Gasteiger partial charge in [0.2, 0.25) is 6.08 Å². The summed E-state index contributed by atoms with van der Waals surface area (Å²) in [6.45, 7) is 6.00. The number of anilines is 1. The molecule has 0 aromatic heterocycles. The first-order chi connectivity index (χ1) is 11.3. The van der Waals surface area contributed by atoms with Gasteiger partial charge in [-0.25, -0.2) is 14.4 Å². The quantitative estimate of drug-likeness (QED) is 0.358. The number of ether oxygens (including phenoxy) is 2. The fourth-order valence-electron chi connectivity index (χ4n) is 1.74. The predicted molar refractivity (Wildman–Crippen MR) is 88.3 cm³/mol. The molecule has 0 bridgehead atoms. The molecular weight excluding hydrogens is 314 g/mol. The molecular formula is C16H21N3O5. The van der Waals surface area contributed by atoms with E-state index in [0.717, 1.165) is 0 Å². The lowest BCUT2D eigenvalue weighted by atomic mass is 10.1. The van der Waals surface area contributed by atoms with Crippen LogP contribution in [0.3, 0.4) is 0 Å². The molecule has 1 amide bonds. The van der Waals surface area contributed by atoms with Crippen LogP contribution in [-0.4, -0.2) is 43.9 Å². The first-order valence-corrected chi connectivity index (χ1v) is 7.28. The zero-order chi connectivity index (χ0) is 18.2. The first-order valence-electron chi connectivity index (χ1n) is 7.28. The summed E-state index contributed by atoms with van der Waals surface area (Å²) in [5.74, 6) is -0.532. The van der Waals surface area contributed by atoms with Crippen molar-refractivity contribution in [1.29, 1.82) is 0 Å². The molecule has 0 aliphatic heterocycles. The molecule has 0 fully saturated rings. The number of nitrogens with zero attached hydrogens (tertiary/aromatic N) is 1. The van der Waals surface area contributed by atoms with E-state index in [1.165, 1.54) is 19.3 Å². The SMILES string of the molecule is COC(=O)c1ccc(NCCNC(=O)OC(C)(C)C)c(N=C=O)c1. The monoisotopic (exact) mass is 335 g/mol. The minimum atomic E-state index is -0.562. The molecule has 0 atom stereocenters. The summed E-state index contributed by atoms with van der Waals surface area (Å²) in [5, 5.41) is 5.60. The molecule has 130 valence electrons. The third kappa shape index (κ3) is 6.50. The van der Waals surface area contributed by atoms with Crippen LogP contribution in [0.4, 0.5) is 16.2 Å². The summed E-state index contributed by atoms with van der Waals surface area (Å²) in [7, 11) is 1.26. The van der Waals surface area contributed by atoms with Crippen LogP contribution in [0.2, 0.25) is 0 Å². The van der Waals surface area contributed by atoms with Crippen LogP contribution in [0.25, 0.3) is 0 Å². The number of rotatable bonds is 6. The van der Waals surface area contributed by atoms with E-state index in [0.29, 0.717) is 18.8 Å². The number of benzene rings is 1. The van der Waals surface area contributed by atoms with Crippen LogP contribution in [0.15, 0.2) is 23.2 Å². The largest absolute Gasteiger partial charge is 0.465 e. The van der Waals surface area contributed by atoms with Gasteiger partial charge in [0.1, 0.15) is 11.3 Å². The lowest BCUT2D eigenvalue weighted by Gasteiger charge is -2.19. The Morgan fingerprint density at radius 2 is 1.96 bits per heavy atom. The molecule has 8 heteroatoms. The Hall–Kier alpha value is -2.86. The maximum absolute atomic E-state index is 11.5. The molecule has 0 saturated carbocycles. The van der Waals surface area contributed by atoms with Crippen LogP contribution in [-0.2, 0) is 14.3 Å². The summed E-state index contributed by atoms with van der Waals surface area (Å²) >= 11 is 0. The van der Waals surface area contributed by atoms with Crippen LogP contribution in [0.5, 0.6) is 0 Å². The van der Waals surface area contributed by atoms with Crippen molar-refractivity contribution in [2.24, 2.45) is 4.99 Å². The highest BCUT2D eigenvalue weighted by molar-refractivity contribution is 5.92. The van der Waals surface area contributed by atoms with E-state index < -0.39 is 17.7 Å². The standard InChI is InChI=1S/C16H21N3O5/c1-16(2,3)24-15(22)18-8-7-17-12-6-5-11(14(21)23-4)9-13(12)19-10-20/h5-6,9,17H,7-8H2,1-4H3,(H,18,22). The van der Waals surface area contributed by atoms with E-state index >= 15 is 0 Å². The number of hydrogen-bond donors (Lipinski definition) is 2. The van der Waals surface area contributed by atoms with E-state index in [2.05, 4.69) is 20.4 Å². The van der Waals surface area contributed by atoms with Crippen molar-refractivity contribution in [3.8, 4) is 0 Å². The molecule has 0 aliphatic carbocycles. The molecule has 1 aromatic carbocycles. The molecule has 1 aromatic rings. The van der Waals surface area contributed by atoms with Gasteiger partial charge >= 0.3 is 12.1 Å². The van der Waals surface area contributed by atoms with Gasteiger partial charge in [-0.15, -0.1) is 0 Å². The van der Waals surface area contributed by atoms with Crippen LogP contribution in [0.1, 0.15) is 31.1 Å². The van der Waals surface area contributed by atoms with Gasteiger partial charge in [-0.05, 0) is 39.0 Å². The summed E-state index contributed by atoms with van der Waals surface area (Å²) < 4.78 is 9.72. The zero-order valence-electron chi connectivity index (χ0n) is 14.1. The van der Waals surface area contributed by atoms with Gasteiger partial charge in [0.05, 0.1) is 18.4 Å². The van der Waals surface area contributed by atoms with Crippen LogP contribution in [0, 0.1) is 0 Å². The third-order valence-electron chi connectivity index (χ3n) is 2.69. The number of alkyl carbamates (subject to hydrolysis) is 1. The Labute approximate surface area is 140 Å². The van der Waals surface area contributed by atoms with Crippen LogP contribution < -0.4 is 10.6 Å². The highest BCUT2D eigenvalue weighted by atomic mass is 16.6. The second kappa shape index (κ2) is 8.69.